The summed E-state index contributed by atoms with van der Waals surface area (Å²) in [7, 11) is 0. The van der Waals surface area contributed by atoms with Crippen LogP contribution in [-0.2, 0) is 28.6 Å². The van der Waals surface area contributed by atoms with E-state index in [4.69, 9.17) is 14.2 Å². The summed E-state index contributed by atoms with van der Waals surface area (Å²) in [5.74, 6) is -1.00. The summed E-state index contributed by atoms with van der Waals surface area (Å²) in [6, 6.07) is 0. The molecule has 0 aromatic rings. The first-order valence-electron chi connectivity index (χ1n) is 23.4. The van der Waals surface area contributed by atoms with Crippen molar-refractivity contribution < 1.29 is 28.6 Å². The lowest BCUT2D eigenvalue weighted by molar-refractivity contribution is -0.166. The predicted octanol–water partition coefficient (Wildman–Crippen LogP) is 15.1. The van der Waals surface area contributed by atoms with Crippen LogP contribution in [0.15, 0.2) is 72.9 Å². The first-order chi connectivity index (χ1) is 28.0. The number of allylic oxidation sites excluding steroid dienone is 12. The molecule has 0 aliphatic carbocycles. The second-order valence-electron chi connectivity index (χ2n) is 15.3. The second kappa shape index (κ2) is 45.6. The zero-order chi connectivity index (χ0) is 41.5. The molecule has 0 aromatic carbocycles. The Labute approximate surface area is 351 Å². The van der Waals surface area contributed by atoms with Crippen molar-refractivity contribution in [3.63, 3.8) is 0 Å². The summed E-state index contributed by atoms with van der Waals surface area (Å²) in [5, 5.41) is 0. The first-order valence-corrected chi connectivity index (χ1v) is 23.4. The van der Waals surface area contributed by atoms with Gasteiger partial charge in [0.15, 0.2) is 6.10 Å². The fourth-order valence-electron chi connectivity index (χ4n) is 6.18. The van der Waals surface area contributed by atoms with Gasteiger partial charge in [-0.3, -0.25) is 14.4 Å². The Hall–Kier alpha value is -3.15. The minimum atomic E-state index is -0.804. The van der Waals surface area contributed by atoms with Gasteiger partial charge in [-0.2, -0.15) is 0 Å². The maximum absolute atomic E-state index is 12.7. The van der Waals surface area contributed by atoms with Crippen molar-refractivity contribution in [1.29, 1.82) is 0 Å². The molecule has 0 saturated heterocycles. The number of esters is 3. The molecule has 0 bridgehead atoms. The summed E-state index contributed by atoms with van der Waals surface area (Å²) >= 11 is 0. The molecule has 0 aliphatic heterocycles. The molecular weight excluding hydrogens is 709 g/mol. The molecule has 6 heteroatoms. The van der Waals surface area contributed by atoms with Crippen LogP contribution >= 0.6 is 0 Å². The highest BCUT2D eigenvalue weighted by Crippen LogP contribution is 2.14. The van der Waals surface area contributed by atoms with E-state index in [0.29, 0.717) is 19.3 Å². The van der Waals surface area contributed by atoms with Gasteiger partial charge < -0.3 is 14.2 Å². The van der Waals surface area contributed by atoms with Gasteiger partial charge in [-0.15, -0.1) is 0 Å². The lowest BCUT2D eigenvalue weighted by Crippen LogP contribution is -2.30. The Balaban J connectivity index is 4.49. The molecule has 0 rings (SSSR count). The Morgan fingerprint density at radius 2 is 0.737 bits per heavy atom. The van der Waals surface area contributed by atoms with Crippen LogP contribution in [0.3, 0.4) is 0 Å². The molecular formula is C51H86O6. The Kier molecular flexibility index (Phi) is 43.0. The molecule has 326 valence electrons. The molecule has 0 fully saturated rings. The van der Waals surface area contributed by atoms with E-state index in [1.807, 2.05) is 12.2 Å². The summed E-state index contributed by atoms with van der Waals surface area (Å²) in [6.45, 7) is 6.39. The van der Waals surface area contributed by atoms with Crippen LogP contribution in [0.2, 0.25) is 0 Å². The second-order valence-corrected chi connectivity index (χ2v) is 15.3. The van der Waals surface area contributed by atoms with E-state index >= 15 is 0 Å². The number of ether oxygens (including phenoxy) is 3. The monoisotopic (exact) mass is 795 g/mol. The van der Waals surface area contributed by atoms with Gasteiger partial charge >= 0.3 is 17.9 Å². The van der Waals surface area contributed by atoms with Crippen molar-refractivity contribution in [1.82, 2.24) is 0 Å². The molecule has 0 aromatic heterocycles. The molecule has 6 nitrogen and oxygen atoms in total. The fraction of sp³-hybridized carbons (Fsp3) is 0.706. The smallest absolute Gasteiger partial charge is 0.306 e. The van der Waals surface area contributed by atoms with E-state index in [2.05, 4.69) is 81.5 Å². The Morgan fingerprint density at radius 3 is 1.23 bits per heavy atom. The summed E-state index contributed by atoms with van der Waals surface area (Å²) < 4.78 is 16.6. The van der Waals surface area contributed by atoms with E-state index in [1.54, 1.807) is 0 Å². The van der Waals surface area contributed by atoms with Crippen LogP contribution in [0.1, 0.15) is 213 Å². The number of unbranched alkanes of at least 4 members (excludes halogenated alkanes) is 18. The van der Waals surface area contributed by atoms with Gasteiger partial charge in [0.05, 0.1) is 0 Å². The highest BCUT2D eigenvalue weighted by molar-refractivity contribution is 5.71. The van der Waals surface area contributed by atoms with Gasteiger partial charge in [-0.1, -0.05) is 196 Å². The molecule has 1 atom stereocenters. The van der Waals surface area contributed by atoms with Gasteiger partial charge in [0.1, 0.15) is 13.2 Å². The normalized spacial score (nSPS) is 12.7. The number of carbonyl (C=O) groups excluding carboxylic acids is 3. The van der Waals surface area contributed by atoms with Gasteiger partial charge in [0.25, 0.3) is 0 Å². The van der Waals surface area contributed by atoms with E-state index in [9.17, 15) is 14.4 Å². The Bertz CT molecular complexity index is 1100. The SMILES string of the molecule is CC/C=C\C/C=C\C/C=C\C/C=C\C/C=C\CCC(=O)OCC(COC(=O)CCCCCCC/C=C\CCCC)OC(=O)CCCCCCCCCCCCCC. The number of hydrogen-bond acceptors (Lipinski definition) is 6. The van der Waals surface area contributed by atoms with Crippen molar-refractivity contribution in [2.75, 3.05) is 13.2 Å². The molecule has 0 N–H and O–H groups in total. The van der Waals surface area contributed by atoms with E-state index in [1.165, 1.54) is 83.5 Å². The number of rotatable bonds is 41. The summed E-state index contributed by atoms with van der Waals surface area (Å²) in [5.41, 5.74) is 0. The zero-order valence-corrected chi connectivity index (χ0v) is 37.1. The molecule has 1 unspecified atom stereocenters. The third kappa shape index (κ3) is 43.8. The van der Waals surface area contributed by atoms with Crippen molar-refractivity contribution in [2.24, 2.45) is 0 Å². The first kappa shape index (κ1) is 53.9. The zero-order valence-electron chi connectivity index (χ0n) is 37.1. The van der Waals surface area contributed by atoms with Crippen molar-refractivity contribution >= 4 is 17.9 Å². The number of carbonyl (C=O) groups is 3. The quantitative estimate of drug-likeness (QED) is 0.0265. The van der Waals surface area contributed by atoms with Crippen LogP contribution in [0.4, 0.5) is 0 Å². The van der Waals surface area contributed by atoms with Gasteiger partial charge in [0, 0.05) is 19.3 Å². The average molecular weight is 795 g/mol. The highest BCUT2D eigenvalue weighted by Gasteiger charge is 2.19. The maximum atomic E-state index is 12.7. The van der Waals surface area contributed by atoms with Crippen LogP contribution in [0.25, 0.3) is 0 Å². The average Bonchev–Trinajstić information content (AvgIpc) is 3.21. The summed E-state index contributed by atoms with van der Waals surface area (Å²) in [6.07, 6.45) is 56.1. The van der Waals surface area contributed by atoms with E-state index < -0.39 is 6.10 Å². The molecule has 0 spiro atoms. The van der Waals surface area contributed by atoms with E-state index in [-0.39, 0.29) is 37.5 Å². The van der Waals surface area contributed by atoms with Gasteiger partial charge in [-0.05, 0) is 70.6 Å². The topological polar surface area (TPSA) is 78.9 Å². The molecule has 0 heterocycles. The predicted molar refractivity (Wildman–Crippen MR) is 242 cm³/mol. The van der Waals surface area contributed by atoms with Gasteiger partial charge in [0.2, 0.25) is 0 Å². The standard InChI is InChI=1S/C51H86O6/c1-4-7-10-13-16-19-22-24-25-26-27-30-32-35-38-41-44-50(53)56-47-48(46-55-49(52)43-40-37-34-31-28-21-18-15-12-9-6-3)57-51(54)45-42-39-36-33-29-23-20-17-14-11-8-5-2/h7,10,15-16,18-19,24-25,27,30,35,38,48H,4-6,8-9,11-14,17,20-23,26,28-29,31-34,36-37,39-47H2,1-3H3/b10-7-,18-15-,19-16-,25-24-,30-27-,38-35-. The van der Waals surface area contributed by atoms with Crippen LogP contribution in [0.5, 0.6) is 0 Å². The number of hydrogen-bond donors (Lipinski definition) is 0. The van der Waals surface area contributed by atoms with Crippen molar-refractivity contribution in [3.05, 3.63) is 72.9 Å². The minimum Gasteiger partial charge on any atom is -0.462 e. The third-order valence-electron chi connectivity index (χ3n) is 9.71. The third-order valence-corrected chi connectivity index (χ3v) is 9.71. The van der Waals surface area contributed by atoms with Crippen molar-refractivity contribution in [2.45, 2.75) is 219 Å². The summed E-state index contributed by atoms with van der Waals surface area (Å²) in [4.78, 5) is 37.7. The largest absolute Gasteiger partial charge is 0.462 e. The van der Waals surface area contributed by atoms with Gasteiger partial charge in [-0.25, -0.2) is 0 Å². The van der Waals surface area contributed by atoms with Crippen LogP contribution in [0, 0.1) is 0 Å². The highest BCUT2D eigenvalue weighted by atomic mass is 16.6. The van der Waals surface area contributed by atoms with E-state index in [0.717, 1.165) is 83.5 Å². The Morgan fingerprint density at radius 1 is 0.368 bits per heavy atom. The molecule has 0 radical (unpaired) electrons. The fourth-order valence-corrected chi connectivity index (χ4v) is 6.18. The maximum Gasteiger partial charge on any atom is 0.306 e. The lowest BCUT2D eigenvalue weighted by Gasteiger charge is -2.18. The minimum absolute atomic E-state index is 0.102. The molecule has 0 aliphatic rings. The van der Waals surface area contributed by atoms with Crippen LogP contribution in [-0.4, -0.2) is 37.2 Å². The molecule has 57 heavy (non-hydrogen) atoms. The van der Waals surface area contributed by atoms with Crippen LogP contribution < -0.4 is 0 Å². The molecule has 0 amide bonds. The van der Waals surface area contributed by atoms with Crippen molar-refractivity contribution in [3.8, 4) is 0 Å². The lowest BCUT2D eigenvalue weighted by atomic mass is 10.0. The molecule has 0 saturated carbocycles.